The summed E-state index contributed by atoms with van der Waals surface area (Å²) < 4.78 is 0. The SMILES string of the molecule is CC[CH-]CCC.[Mo]. The van der Waals surface area contributed by atoms with Gasteiger partial charge in [0, 0.05) is 21.1 Å². The van der Waals surface area contributed by atoms with Crippen molar-refractivity contribution in [1.82, 2.24) is 0 Å². The summed E-state index contributed by atoms with van der Waals surface area (Å²) in [4.78, 5) is 0. The third-order valence-electron chi connectivity index (χ3n) is 0.781. The van der Waals surface area contributed by atoms with Crippen LogP contribution in [0.5, 0.6) is 0 Å². The summed E-state index contributed by atoms with van der Waals surface area (Å²) in [5, 5.41) is 0. The molecule has 0 aliphatic heterocycles. The van der Waals surface area contributed by atoms with Crippen LogP contribution in [0.3, 0.4) is 0 Å². The fourth-order valence-electron chi connectivity index (χ4n) is 0.408. The third-order valence-corrected chi connectivity index (χ3v) is 0.781. The van der Waals surface area contributed by atoms with Crippen LogP contribution in [0, 0.1) is 6.42 Å². The molecule has 1 heteroatoms. The van der Waals surface area contributed by atoms with E-state index in [-0.39, 0.29) is 21.1 Å². The van der Waals surface area contributed by atoms with E-state index in [1.165, 1.54) is 19.3 Å². The summed E-state index contributed by atoms with van der Waals surface area (Å²) in [6.45, 7) is 4.38. The average molecular weight is 181 g/mol. The Morgan fingerprint density at radius 2 is 1.86 bits per heavy atom. The largest absolute Gasteiger partial charge is 0.329 e. The van der Waals surface area contributed by atoms with Gasteiger partial charge in [-0.25, -0.2) is 0 Å². The second-order valence-electron chi connectivity index (χ2n) is 1.49. The number of rotatable bonds is 3. The summed E-state index contributed by atoms with van der Waals surface area (Å²) in [6.07, 6.45) is 6.12. The molecule has 0 N–H and O–H groups in total. The summed E-state index contributed by atoms with van der Waals surface area (Å²) in [5.41, 5.74) is 0. The van der Waals surface area contributed by atoms with Gasteiger partial charge in [0.2, 0.25) is 0 Å². The van der Waals surface area contributed by atoms with Gasteiger partial charge in [-0.3, -0.25) is 0 Å². The molecular weight excluding hydrogens is 168 g/mol. The Labute approximate surface area is 61.0 Å². The van der Waals surface area contributed by atoms with E-state index in [4.69, 9.17) is 0 Å². The topological polar surface area (TPSA) is 0 Å². The van der Waals surface area contributed by atoms with Crippen molar-refractivity contribution in [2.75, 3.05) is 0 Å². The molecule has 0 aromatic rings. The fourth-order valence-corrected chi connectivity index (χ4v) is 0.408. The van der Waals surface area contributed by atoms with Crippen molar-refractivity contribution in [3.05, 3.63) is 6.42 Å². The molecule has 44 valence electrons. The van der Waals surface area contributed by atoms with E-state index in [0.29, 0.717) is 0 Å². The van der Waals surface area contributed by atoms with Crippen LogP contribution in [0.1, 0.15) is 33.1 Å². The van der Waals surface area contributed by atoms with Gasteiger partial charge in [0.15, 0.2) is 0 Å². The zero-order valence-electron chi connectivity index (χ0n) is 5.11. The van der Waals surface area contributed by atoms with E-state index in [0.717, 1.165) is 0 Å². The third kappa shape index (κ3) is 10.8. The molecule has 0 fully saturated rings. The maximum Gasteiger partial charge on any atom is 0 e. The van der Waals surface area contributed by atoms with Crippen molar-refractivity contribution in [3.63, 3.8) is 0 Å². The minimum atomic E-state index is 0. The molecule has 0 aromatic heterocycles. The second kappa shape index (κ2) is 9.85. The molecule has 0 bridgehead atoms. The van der Waals surface area contributed by atoms with Gasteiger partial charge in [0.25, 0.3) is 0 Å². The van der Waals surface area contributed by atoms with Crippen molar-refractivity contribution >= 4 is 0 Å². The molecule has 0 atom stereocenters. The van der Waals surface area contributed by atoms with Crippen molar-refractivity contribution < 1.29 is 21.1 Å². The van der Waals surface area contributed by atoms with Crippen LogP contribution >= 0.6 is 0 Å². The minimum absolute atomic E-state index is 0. The van der Waals surface area contributed by atoms with Crippen LogP contribution in [0.15, 0.2) is 0 Å². The van der Waals surface area contributed by atoms with E-state index in [1.807, 2.05) is 0 Å². The Kier molecular flexibility index (Phi) is 15.0. The number of hydrogen-bond acceptors (Lipinski definition) is 0. The first-order valence-corrected chi connectivity index (χ1v) is 2.73. The summed E-state index contributed by atoms with van der Waals surface area (Å²) in [7, 11) is 0. The molecule has 0 spiro atoms. The molecule has 0 aliphatic carbocycles. The molecule has 0 nitrogen and oxygen atoms in total. The molecular formula is C6H13Mo-. The van der Waals surface area contributed by atoms with Gasteiger partial charge < -0.3 is 6.42 Å². The first-order chi connectivity index (χ1) is 2.91. The van der Waals surface area contributed by atoms with Crippen molar-refractivity contribution in [2.45, 2.75) is 33.1 Å². The average Bonchev–Trinajstić information content (AvgIpc) is 1.61. The van der Waals surface area contributed by atoms with Crippen molar-refractivity contribution in [1.29, 1.82) is 0 Å². The van der Waals surface area contributed by atoms with Crippen LogP contribution in [-0.2, 0) is 21.1 Å². The second-order valence-corrected chi connectivity index (χ2v) is 1.49. The maximum absolute atomic E-state index is 2.31. The molecule has 0 saturated heterocycles. The molecule has 0 rings (SSSR count). The van der Waals surface area contributed by atoms with E-state index >= 15 is 0 Å². The molecule has 0 aromatic carbocycles. The van der Waals surface area contributed by atoms with Gasteiger partial charge in [-0.1, -0.05) is 20.3 Å². The van der Waals surface area contributed by atoms with E-state index < -0.39 is 0 Å². The minimum Gasteiger partial charge on any atom is -0.329 e. The van der Waals surface area contributed by atoms with Gasteiger partial charge in [-0.05, 0) is 0 Å². The Hall–Kier alpha value is 0.688. The maximum atomic E-state index is 2.31. The summed E-state index contributed by atoms with van der Waals surface area (Å²) in [6, 6.07) is 0. The molecule has 0 amide bonds. The monoisotopic (exact) mass is 183 g/mol. The Bertz CT molecular complexity index is 16.1. The number of hydrogen-bond donors (Lipinski definition) is 0. The Morgan fingerprint density at radius 3 is 2.00 bits per heavy atom. The zero-order valence-corrected chi connectivity index (χ0v) is 7.11. The van der Waals surface area contributed by atoms with Gasteiger partial charge in [-0.15, -0.1) is 0 Å². The summed E-state index contributed by atoms with van der Waals surface area (Å²) >= 11 is 0. The van der Waals surface area contributed by atoms with Crippen LogP contribution in [0.25, 0.3) is 0 Å². The fraction of sp³-hybridized carbons (Fsp3) is 0.833. The van der Waals surface area contributed by atoms with Gasteiger partial charge >= 0.3 is 0 Å². The van der Waals surface area contributed by atoms with Gasteiger partial charge in [-0.2, -0.15) is 12.8 Å². The van der Waals surface area contributed by atoms with Crippen LogP contribution in [-0.4, -0.2) is 0 Å². The Morgan fingerprint density at radius 1 is 1.29 bits per heavy atom. The molecule has 7 heavy (non-hydrogen) atoms. The zero-order chi connectivity index (χ0) is 4.83. The quantitative estimate of drug-likeness (QED) is 0.356. The predicted molar refractivity (Wildman–Crippen MR) is 29.5 cm³/mol. The first kappa shape index (κ1) is 10.6. The predicted octanol–water partition coefficient (Wildman–Crippen LogP) is 2.40. The standard InChI is InChI=1S/C6H13.Mo/c1-3-5-6-4-2;/h5H,3-4,6H2,1-2H3;/q-1;. The molecule has 0 radical (unpaired) electrons. The normalized spacial score (nSPS) is 7.71. The molecule has 0 unspecified atom stereocenters. The van der Waals surface area contributed by atoms with Crippen LogP contribution < -0.4 is 0 Å². The van der Waals surface area contributed by atoms with Gasteiger partial charge in [0.05, 0.1) is 0 Å². The molecule has 0 aliphatic rings. The van der Waals surface area contributed by atoms with Crippen molar-refractivity contribution in [2.24, 2.45) is 0 Å². The van der Waals surface area contributed by atoms with Crippen molar-refractivity contribution in [3.8, 4) is 0 Å². The van der Waals surface area contributed by atoms with E-state index in [1.54, 1.807) is 0 Å². The van der Waals surface area contributed by atoms with Crippen LogP contribution in [0.2, 0.25) is 0 Å². The van der Waals surface area contributed by atoms with Crippen LogP contribution in [0.4, 0.5) is 0 Å². The summed E-state index contributed by atoms with van der Waals surface area (Å²) in [5.74, 6) is 0. The van der Waals surface area contributed by atoms with Gasteiger partial charge in [0.1, 0.15) is 0 Å². The van der Waals surface area contributed by atoms with E-state index in [9.17, 15) is 0 Å². The first-order valence-electron chi connectivity index (χ1n) is 2.73. The number of unbranched alkanes of at least 4 members (excludes halogenated alkanes) is 3. The molecule has 0 heterocycles. The Balaban J connectivity index is 0. The molecule has 0 saturated carbocycles. The smallest absolute Gasteiger partial charge is 0 e. The van der Waals surface area contributed by atoms with E-state index in [2.05, 4.69) is 20.3 Å².